The Kier molecular flexibility index (Phi) is 20.6. The number of nitrogens with zero attached hydrogens (tertiary/aromatic N) is 3. The minimum Gasteiger partial charge on any atom is -0.342 e. The second-order valence-corrected chi connectivity index (χ2v) is 25.8. The molecular formula is C72H58F9N9O6S2. The summed E-state index contributed by atoms with van der Waals surface area (Å²) in [5, 5.41) is 2.84. The van der Waals surface area contributed by atoms with Crippen LogP contribution < -0.4 is 14.8 Å². The van der Waals surface area contributed by atoms with Crippen LogP contribution in [0.15, 0.2) is 204 Å². The number of aryl methyl sites for hydroxylation is 2. The molecule has 0 saturated carbocycles. The van der Waals surface area contributed by atoms with Crippen molar-refractivity contribution in [1.82, 2.24) is 39.3 Å². The monoisotopic (exact) mass is 1380 g/mol. The number of para-hydroxylation sites is 1. The summed E-state index contributed by atoms with van der Waals surface area (Å²) in [6, 6.07) is 51.1. The van der Waals surface area contributed by atoms with Crippen LogP contribution in [0.5, 0.6) is 0 Å². The number of carbonyl (C=O) groups is 2. The third-order valence-corrected chi connectivity index (χ3v) is 18.3. The van der Waals surface area contributed by atoms with Crippen LogP contribution in [-0.2, 0) is 56.2 Å². The number of rotatable bonds is 16. The highest BCUT2D eigenvalue weighted by Gasteiger charge is 2.38. The molecule has 0 aliphatic rings. The predicted molar refractivity (Wildman–Crippen MR) is 361 cm³/mol. The van der Waals surface area contributed by atoms with Gasteiger partial charge in [-0.3, -0.25) is 9.59 Å². The Morgan fingerprint density at radius 1 is 0.459 bits per heavy atom. The summed E-state index contributed by atoms with van der Waals surface area (Å²) in [5.41, 5.74) is 7.67. The summed E-state index contributed by atoms with van der Waals surface area (Å²) in [6.07, 6.45) is -7.05. The highest BCUT2D eigenvalue weighted by atomic mass is 32.2. The van der Waals surface area contributed by atoms with Gasteiger partial charge in [0.1, 0.15) is 17.5 Å². The van der Waals surface area contributed by atoms with Crippen molar-refractivity contribution in [2.24, 2.45) is 0 Å². The van der Waals surface area contributed by atoms with E-state index >= 15 is 0 Å². The first-order chi connectivity index (χ1) is 46.5. The molecule has 6 N–H and O–H groups in total. The fraction of sp³-hybridized carbons (Fsp3) is 0.125. The SMILES string of the molecule is CC(=O)Nc1ccccc1-c1ccc2nc(CCc3ccc(C(F)(F)F)cc3)[nH]c2c1.CNS(=O)(=O)c1ccccc1-c1ccc2nc(/C=C/c3ccc(C(C)=O)cc3)[nH]c2c1.CNS(=O)(=O)c1ccccc1-c1ccc2nc(/C=C/c3ccc(C(F)(F)F)cc3C(F)(F)F)[nH]c2c1. The molecule has 0 atom stereocenters. The Balaban J connectivity index is 0.000000160. The molecule has 3 aromatic heterocycles. The molecule has 12 rings (SSSR count). The van der Waals surface area contributed by atoms with Crippen molar-refractivity contribution in [3.8, 4) is 33.4 Å². The van der Waals surface area contributed by atoms with E-state index in [1.807, 2.05) is 91.0 Å². The maximum Gasteiger partial charge on any atom is 0.417 e. The van der Waals surface area contributed by atoms with Gasteiger partial charge in [-0.2, -0.15) is 39.5 Å². The number of aromatic nitrogens is 6. The maximum atomic E-state index is 13.4. The van der Waals surface area contributed by atoms with Gasteiger partial charge in [0.05, 0.1) is 59.6 Å². The van der Waals surface area contributed by atoms with Crippen molar-refractivity contribution in [1.29, 1.82) is 0 Å². The van der Waals surface area contributed by atoms with Crippen LogP contribution in [0.4, 0.5) is 45.2 Å². The lowest BCUT2D eigenvalue weighted by atomic mass is 10.0. The number of nitrogens with one attached hydrogen (secondary N) is 6. The van der Waals surface area contributed by atoms with Crippen LogP contribution in [-0.4, -0.2) is 72.5 Å². The van der Waals surface area contributed by atoms with Gasteiger partial charge < -0.3 is 20.3 Å². The molecule has 98 heavy (non-hydrogen) atoms. The first-order valence-corrected chi connectivity index (χ1v) is 32.8. The number of carbonyl (C=O) groups excluding carboxylic acids is 2. The summed E-state index contributed by atoms with van der Waals surface area (Å²) in [4.78, 5) is 46.1. The number of anilines is 1. The van der Waals surface area contributed by atoms with Gasteiger partial charge >= 0.3 is 18.5 Å². The van der Waals surface area contributed by atoms with Crippen molar-refractivity contribution < 1.29 is 65.9 Å². The van der Waals surface area contributed by atoms with Gasteiger partial charge in [0.25, 0.3) is 0 Å². The Bertz CT molecular complexity index is 5240. The number of aromatic amines is 3. The standard InChI is InChI=1S/C24H17F6N3O2S.C24H20F3N3O.C24H21N3O3S/c1-31-36(34,35)21-5-3-2-4-17(21)15-7-10-19-20(12-15)33-22(32-19)11-8-14-6-9-16(23(25,26)27)13-18(14)24(28,29)30;1-15(31)28-20-5-3-2-4-19(20)17-9-12-21-22(14-17)30-23(29-21)13-8-16-6-10-18(11-7-16)24(25,26)27;1-16(28)18-10-7-17(8-11-18)9-14-24-26-21-13-12-19(15-22(21)27-24)20-5-3-4-6-23(20)31(29,30)25-2/h2-13,31H,1H3,(H,32,33);2-7,9-12,14H,8,13H2,1H3,(H,28,31)(H,29,30);3-15,25H,1-2H3,(H,26,27)/b11-8+;;14-9+. The van der Waals surface area contributed by atoms with Crippen molar-refractivity contribution in [2.75, 3.05) is 19.4 Å². The number of fused-ring (bicyclic) bond motifs is 3. The molecule has 26 heteroatoms. The maximum absolute atomic E-state index is 13.4. The molecule has 0 bridgehead atoms. The van der Waals surface area contributed by atoms with E-state index in [1.165, 1.54) is 45.3 Å². The van der Waals surface area contributed by atoms with E-state index in [1.54, 1.807) is 73.7 Å². The largest absolute Gasteiger partial charge is 0.417 e. The molecule has 0 unspecified atom stereocenters. The molecular weight excluding hydrogens is 1320 g/mol. The van der Waals surface area contributed by atoms with Crippen LogP contribution in [0.3, 0.4) is 0 Å². The van der Waals surface area contributed by atoms with E-state index in [-0.39, 0.29) is 33.4 Å². The van der Waals surface area contributed by atoms with E-state index in [0.29, 0.717) is 58.0 Å². The second-order valence-electron chi connectivity index (χ2n) is 22.1. The first kappa shape index (κ1) is 70.0. The Morgan fingerprint density at radius 3 is 1.41 bits per heavy atom. The van der Waals surface area contributed by atoms with Crippen LogP contribution in [0, 0.1) is 0 Å². The van der Waals surface area contributed by atoms with E-state index < -0.39 is 60.8 Å². The number of ketones is 1. The molecule has 3 heterocycles. The zero-order valence-corrected chi connectivity index (χ0v) is 53.8. The van der Waals surface area contributed by atoms with E-state index in [2.05, 4.69) is 44.7 Å². The molecule has 15 nitrogen and oxygen atoms in total. The number of alkyl halides is 9. The summed E-state index contributed by atoms with van der Waals surface area (Å²) < 4.78 is 171. The van der Waals surface area contributed by atoms with Gasteiger partial charge in [-0.1, -0.05) is 127 Å². The number of hydrogen-bond donors (Lipinski definition) is 6. The van der Waals surface area contributed by atoms with E-state index in [4.69, 9.17) is 0 Å². The summed E-state index contributed by atoms with van der Waals surface area (Å²) in [6.45, 7) is 3.01. The molecule has 502 valence electrons. The third-order valence-electron chi connectivity index (χ3n) is 15.4. The van der Waals surface area contributed by atoms with Crippen molar-refractivity contribution in [3.05, 3.63) is 251 Å². The van der Waals surface area contributed by atoms with E-state index in [0.717, 1.165) is 85.7 Å². The van der Waals surface area contributed by atoms with Crippen LogP contribution in [0.1, 0.15) is 75.1 Å². The van der Waals surface area contributed by atoms with Crippen molar-refractivity contribution in [2.45, 2.75) is 55.0 Å². The van der Waals surface area contributed by atoms with Crippen LogP contribution in [0.25, 0.3) is 90.8 Å². The van der Waals surface area contributed by atoms with Crippen LogP contribution >= 0.6 is 0 Å². The quantitative estimate of drug-likeness (QED) is 0.0399. The number of hydrogen-bond acceptors (Lipinski definition) is 9. The van der Waals surface area contributed by atoms with Crippen LogP contribution in [0.2, 0.25) is 0 Å². The lowest BCUT2D eigenvalue weighted by molar-refractivity contribution is -0.143. The molecule has 9 aromatic carbocycles. The summed E-state index contributed by atoms with van der Waals surface area (Å²) >= 11 is 0. The molecule has 12 aromatic rings. The summed E-state index contributed by atoms with van der Waals surface area (Å²) in [5.74, 6) is 1.50. The van der Waals surface area contributed by atoms with Gasteiger partial charge in [-0.05, 0) is 152 Å². The van der Waals surface area contributed by atoms with Gasteiger partial charge in [0.2, 0.25) is 26.0 Å². The highest BCUT2D eigenvalue weighted by Crippen LogP contribution is 2.39. The molecule has 0 aliphatic heterocycles. The number of amides is 1. The highest BCUT2D eigenvalue weighted by molar-refractivity contribution is 7.90. The molecule has 0 radical (unpaired) electrons. The predicted octanol–water partition coefficient (Wildman–Crippen LogP) is 16.8. The summed E-state index contributed by atoms with van der Waals surface area (Å²) in [7, 11) is -4.63. The number of halogens is 9. The Morgan fingerprint density at radius 2 is 0.918 bits per heavy atom. The smallest absolute Gasteiger partial charge is 0.342 e. The van der Waals surface area contributed by atoms with Crippen molar-refractivity contribution in [3.63, 3.8) is 0 Å². The first-order valence-electron chi connectivity index (χ1n) is 29.8. The number of benzene rings is 9. The lowest BCUT2D eigenvalue weighted by Crippen LogP contribution is -2.19. The second kappa shape index (κ2) is 28.9. The number of sulfonamides is 2. The fourth-order valence-electron chi connectivity index (χ4n) is 10.5. The fourth-order valence-corrected chi connectivity index (χ4v) is 12.4. The minimum absolute atomic E-state index is 0.0349. The normalized spacial score (nSPS) is 12.3. The number of H-pyrrole nitrogens is 3. The zero-order valence-electron chi connectivity index (χ0n) is 52.2. The lowest BCUT2D eigenvalue weighted by Gasteiger charge is -2.14. The molecule has 0 aliphatic carbocycles. The molecule has 0 spiro atoms. The molecule has 0 saturated heterocycles. The Hall–Kier alpha value is -10.8. The van der Waals surface area contributed by atoms with Crippen molar-refractivity contribution >= 4 is 94.8 Å². The van der Waals surface area contributed by atoms with Gasteiger partial charge in [-0.15, -0.1) is 0 Å². The third kappa shape index (κ3) is 16.9. The Labute approximate surface area is 555 Å². The number of imidazole rings is 3. The molecule has 0 fully saturated rings. The van der Waals surface area contributed by atoms with E-state index in [9.17, 15) is 65.9 Å². The van der Waals surface area contributed by atoms with Gasteiger partial charge in [0.15, 0.2) is 5.78 Å². The zero-order chi connectivity index (χ0) is 70.3. The number of Topliss-reactive ketones (excluding diaryl/α,β-unsaturated/α-hetero) is 1. The average molecular weight is 1380 g/mol. The topological polar surface area (TPSA) is 225 Å². The molecule has 1 amide bonds. The van der Waals surface area contributed by atoms with Gasteiger partial charge in [0, 0.05) is 41.3 Å². The average Bonchev–Trinajstić information content (AvgIpc) is 1.32. The van der Waals surface area contributed by atoms with Gasteiger partial charge in [-0.25, -0.2) is 41.2 Å². The minimum atomic E-state index is -5.00.